The van der Waals surface area contributed by atoms with Gasteiger partial charge in [0.05, 0.1) is 17.7 Å². The maximum absolute atomic E-state index is 4.27. The Labute approximate surface area is 139 Å². The molecule has 0 fully saturated rings. The number of nitrogens with one attached hydrogen (secondary N) is 3. The summed E-state index contributed by atoms with van der Waals surface area (Å²) in [4.78, 5) is 13.1. The van der Waals surface area contributed by atoms with Crippen molar-refractivity contribution in [2.24, 2.45) is 4.99 Å². The average molecular weight is 327 g/mol. The minimum Gasteiger partial charge on any atom is -0.361 e. The van der Waals surface area contributed by atoms with Crippen molar-refractivity contribution in [2.45, 2.75) is 19.9 Å². The van der Waals surface area contributed by atoms with Crippen LogP contribution in [0, 0.1) is 6.92 Å². The van der Waals surface area contributed by atoms with Gasteiger partial charge in [0.1, 0.15) is 0 Å². The molecule has 120 valence electrons. The summed E-state index contributed by atoms with van der Waals surface area (Å²) in [7, 11) is 1.79. The van der Waals surface area contributed by atoms with Crippen LogP contribution in [0.3, 0.4) is 0 Å². The lowest BCUT2D eigenvalue weighted by Crippen LogP contribution is -2.37. The molecule has 3 N–H and O–H groups in total. The first-order chi connectivity index (χ1) is 11.3. The van der Waals surface area contributed by atoms with Gasteiger partial charge >= 0.3 is 0 Å². The lowest BCUT2D eigenvalue weighted by Gasteiger charge is -2.11. The van der Waals surface area contributed by atoms with Crippen molar-refractivity contribution in [3.63, 3.8) is 0 Å². The molecule has 0 atom stereocenters. The Morgan fingerprint density at radius 3 is 2.96 bits per heavy atom. The van der Waals surface area contributed by atoms with Crippen LogP contribution in [-0.2, 0) is 13.0 Å². The summed E-state index contributed by atoms with van der Waals surface area (Å²) in [6, 6.07) is 8.38. The second kappa shape index (κ2) is 7.28. The van der Waals surface area contributed by atoms with Crippen LogP contribution in [0.25, 0.3) is 10.9 Å². The van der Waals surface area contributed by atoms with Crippen molar-refractivity contribution in [3.05, 3.63) is 52.1 Å². The number of aromatic amines is 1. The highest BCUT2D eigenvalue weighted by molar-refractivity contribution is 7.09. The molecule has 23 heavy (non-hydrogen) atoms. The molecule has 1 aromatic carbocycles. The molecule has 2 aromatic heterocycles. The van der Waals surface area contributed by atoms with E-state index in [0.717, 1.165) is 31.2 Å². The monoisotopic (exact) mass is 327 g/mol. The fourth-order valence-electron chi connectivity index (χ4n) is 2.53. The minimum atomic E-state index is 0.753. The van der Waals surface area contributed by atoms with Gasteiger partial charge in [0.25, 0.3) is 0 Å². The summed E-state index contributed by atoms with van der Waals surface area (Å²) in [5.74, 6) is 0.817. The zero-order valence-corrected chi connectivity index (χ0v) is 14.2. The summed E-state index contributed by atoms with van der Waals surface area (Å²) in [5, 5.41) is 7.98. The SMILES string of the molecule is CN=C(NCCc1c[nH]c2ccccc12)NCc1scnc1C. The third kappa shape index (κ3) is 3.71. The fourth-order valence-corrected chi connectivity index (χ4v) is 3.25. The van der Waals surface area contributed by atoms with Crippen LogP contribution in [0.4, 0.5) is 0 Å². The Morgan fingerprint density at radius 1 is 1.30 bits per heavy atom. The van der Waals surface area contributed by atoms with E-state index in [4.69, 9.17) is 0 Å². The van der Waals surface area contributed by atoms with Crippen LogP contribution >= 0.6 is 11.3 Å². The first-order valence-electron chi connectivity index (χ1n) is 7.66. The Balaban J connectivity index is 1.51. The molecule has 0 amide bonds. The van der Waals surface area contributed by atoms with E-state index < -0.39 is 0 Å². The maximum Gasteiger partial charge on any atom is 0.191 e. The van der Waals surface area contributed by atoms with Crippen molar-refractivity contribution in [2.75, 3.05) is 13.6 Å². The van der Waals surface area contributed by atoms with E-state index in [2.05, 4.69) is 50.0 Å². The van der Waals surface area contributed by atoms with Gasteiger partial charge in [-0.3, -0.25) is 4.99 Å². The van der Waals surface area contributed by atoms with E-state index in [0.29, 0.717) is 0 Å². The number of hydrogen-bond acceptors (Lipinski definition) is 3. The average Bonchev–Trinajstić information content (AvgIpc) is 3.17. The predicted octanol–water partition coefficient (Wildman–Crippen LogP) is 2.84. The number of fused-ring (bicyclic) bond motifs is 1. The van der Waals surface area contributed by atoms with Gasteiger partial charge in [-0.05, 0) is 25.0 Å². The van der Waals surface area contributed by atoms with Crippen LogP contribution < -0.4 is 10.6 Å². The molecule has 2 heterocycles. The molecule has 0 aliphatic rings. The van der Waals surface area contributed by atoms with E-state index in [1.54, 1.807) is 18.4 Å². The van der Waals surface area contributed by atoms with Gasteiger partial charge < -0.3 is 15.6 Å². The maximum atomic E-state index is 4.27. The molecule has 0 aliphatic carbocycles. The lowest BCUT2D eigenvalue weighted by molar-refractivity contribution is 0.798. The number of guanidine groups is 1. The fraction of sp³-hybridized carbons (Fsp3) is 0.294. The smallest absolute Gasteiger partial charge is 0.191 e. The third-order valence-electron chi connectivity index (χ3n) is 3.85. The van der Waals surface area contributed by atoms with E-state index in [1.165, 1.54) is 21.3 Å². The van der Waals surface area contributed by atoms with Crippen molar-refractivity contribution >= 4 is 28.2 Å². The first-order valence-corrected chi connectivity index (χ1v) is 8.54. The third-order valence-corrected chi connectivity index (χ3v) is 4.78. The summed E-state index contributed by atoms with van der Waals surface area (Å²) >= 11 is 1.66. The summed E-state index contributed by atoms with van der Waals surface area (Å²) in [6.07, 6.45) is 3.04. The van der Waals surface area contributed by atoms with Crippen LogP contribution in [0.5, 0.6) is 0 Å². The lowest BCUT2D eigenvalue weighted by atomic mass is 10.1. The Bertz CT molecular complexity index is 802. The van der Waals surface area contributed by atoms with E-state index in [1.807, 2.05) is 18.5 Å². The molecule has 6 heteroatoms. The number of aliphatic imine (C=N–C) groups is 1. The number of para-hydroxylation sites is 1. The molecule has 0 radical (unpaired) electrons. The molecule has 0 unspecified atom stereocenters. The topological polar surface area (TPSA) is 65.1 Å². The molecule has 5 nitrogen and oxygen atoms in total. The quantitative estimate of drug-likeness (QED) is 0.499. The Hall–Kier alpha value is -2.34. The highest BCUT2D eigenvalue weighted by Gasteiger charge is 2.05. The predicted molar refractivity (Wildman–Crippen MR) is 97.1 cm³/mol. The van der Waals surface area contributed by atoms with Crippen molar-refractivity contribution in [1.29, 1.82) is 0 Å². The molecule has 0 bridgehead atoms. The Kier molecular flexibility index (Phi) is 4.92. The highest BCUT2D eigenvalue weighted by atomic mass is 32.1. The van der Waals surface area contributed by atoms with Gasteiger partial charge in [0.15, 0.2) is 5.96 Å². The van der Waals surface area contributed by atoms with Gasteiger partial charge in [-0.2, -0.15) is 0 Å². The van der Waals surface area contributed by atoms with Crippen LogP contribution in [0.15, 0.2) is 41.0 Å². The van der Waals surface area contributed by atoms with Gasteiger partial charge in [0, 0.05) is 35.6 Å². The zero-order chi connectivity index (χ0) is 16.1. The molecule has 0 aliphatic heterocycles. The molecule has 3 rings (SSSR count). The summed E-state index contributed by atoms with van der Waals surface area (Å²) in [5.41, 5.74) is 5.46. The number of thiazole rings is 1. The van der Waals surface area contributed by atoms with Gasteiger partial charge in [-0.1, -0.05) is 18.2 Å². The minimum absolute atomic E-state index is 0.753. The van der Waals surface area contributed by atoms with E-state index >= 15 is 0 Å². The number of benzene rings is 1. The van der Waals surface area contributed by atoms with Crippen molar-refractivity contribution < 1.29 is 0 Å². The standard InChI is InChI=1S/C17H21N5S/c1-12-16(23-11-22-12)10-21-17(18-2)19-8-7-13-9-20-15-6-4-3-5-14(13)15/h3-6,9,11,20H,7-8,10H2,1-2H3,(H2,18,19,21). The van der Waals surface area contributed by atoms with Crippen molar-refractivity contribution in [3.8, 4) is 0 Å². The summed E-state index contributed by atoms with van der Waals surface area (Å²) in [6.45, 7) is 3.62. The van der Waals surface area contributed by atoms with Crippen LogP contribution in [0.2, 0.25) is 0 Å². The first kappa shape index (κ1) is 15.6. The molecule has 0 saturated heterocycles. The number of H-pyrrole nitrogens is 1. The van der Waals surface area contributed by atoms with Crippen LogP contribution in [-0.4, -0.2) is 29.5 Å². The normalized spacial score (nSPS) is 11.8. The second-order valence-electron chi connectivity index (χ2n) is 5.32. The summed E-state index contributed by atoms with van der Waals surface area (Å²) < 4.78 is 0. The molecular weight excluding hydrogens is 306 g/mol. The number of aromatic nitrogens is 2. The Morgan fingerprint density at radius 2 is 2.17 bits per heavy atom. The van der Waals surface area contributed by atoms with Gasteiger partial charge in [0.2, 0.25) is 0 Å². The largest absolute Gasteiger partial charge is 0.361 e. The molecule has 0 spiro atoms. The van der Waals surface area contributed by atoms with Gasteiger partial charge in [-0.25, -0.2) is 4.98 Å². The van der Waals surface area contributed by atoms with E-state index in [9.17, 15) is 0 Å². The van der Waals surface area contributed by atoms with E-state index in [-0.39, 0.29) is 0 Å². The second-order valence-corrected chi connectivity index (χ2v) is 6.26. The molecule has 3 aromatic rings. The molecule has 0 saturated carbocycles. The number of nitrogens with zero attached hydrogens (tertiary/aromatic N) is 2. The number of hydrogen-bond donors (Lipinski definition) is 3. The van der Waals surface area contributed by atoms with Crippen LogP contribution in [0.1, 0.15) is 16.1 Å². The molecular formula is C17H21N5S. The van der Waals surface area contributed by atoms with Gasteiger partial charge in [-0.15, -0.1) is 11.3 Å². The van der Waals surface area contributed by atoms with Crippen molar-refractivity contribution in [1.82, 2.24) is 20.6 Å². The number of rotatable bonds is 5. The number of aryl methyl sites for hydroxylation is 1. The highest BCUT2D eigenvalue weighted by Crippen LogP contribution is 2.17. The zero-order valence-electron chi connectivity index (χ0n) is 13.4.